The predicted octanol–water partition coefficient (Wildman–Crippen LogP) is 4.63. The Kier molecular flexibility index (Phi) is 6.33. The molecule has 1 aliphatic carbocycles. The van der Waals surface area contributed by atoms with E-state index < -0.39 is 0 Å². The average molecular weight is 395 g/mol. The maximum absolute atomic E-state index is 13.0. The first-order valence-corrected chi connectivity index (χ1v) is 10.8. The highest BCUT2D eigenvalue weighted by Gasteiger charge is 2.22. The molecule has 0 spiro atoms. The smallest absolute Gasteiger partial charge is 0.255 e. The molecule has 1 aromatic carbocycles. The first-order valence-electron chi connectivity index (χ1n) is 10.8. The van der Waals surface area contributed by atoms with Crippen LogP contribution >= 0.6 is 0 Å². The van der Waals surface area contributed by atoms with Crippen molar-refractivity contribution in [3.63, 3.8) is 0 Å². The molecule has 2 aromatic rings. The Morgan fingerprint density at radius 2 is 1.86 bits per heavy atom. The van der Waals surface area contributed by atoms with Gasteiger partial charge in [0.15, 0.2) is 11.5 Å². The zero-order valence-electron chi connectivity index (χ0n) is 17.2. The van der Waals surface area contributed by atoms with Crippen molar-refractivity contribution in [3.05, 3.63) is 53.3 Å². The van der Waals surface area contributed by atoms with Gasteiger partial charge in [-0.3, -0.25) is 9.78 Å². The van der Waals surface area contributed by atoms with Crippen molar-refractivity contribution < 1.29 is 14.3 Å². The second kappa shape index (κ2) is 9.29. The number of carbonyl (C=O) groups is 1. The summed E-state index contributed by atoms with van der Waals surface area (Å²) >= 11 is 0. The molecule has 1 aromatic heterocycles. The van der Waals surface area contributed by atoms with Crippen molar-refractivity contribution >= 4 is 5.91 Å². The van der Waals surface area contributed by atoms with E-state index in [1.54, 1.807) is 19.5 Å². The monoisotopic (exact) mass is 394 g/mol. The van der Waals surface area contributed by atoms with Gasteiger partial charge in [-0.1, -0.05) is 6.07 Å². The minimum atomic E-state index is 0.101. The van der Waals surface area contributed by atoms with Gasteiger partial charge in [-0.15, -0.1) is 0 Å². The summed E-state index contributed by atoms with van der Waals surface area (Å²) in [4.78, 5) is 19.2. The van der Waals surface area contributed by atoms with Gasteiger partial charge < -0.3 is 14.4 Å². The molecule has 0 bridgehead atoms. The third-order valence-corrected chi connectivity index (χ3v) is 6.00. The van der Waals surface area contributed by atoms with Crippen LogP contribution in [-0.4, -0.2) is 42.1 Å². The van der Waals surface area contributed by atoms with E-state index in [4.69, 9.17) is 9.47 Å². The Balaban J connectivity index is 1.55. The molecule has 0 atom stereocenters. The molecule has 0 unspecified atom stereocenters. The number of benzene rings is 1. The van der Waals surface area contributed by atoms with Gasteiger partial charge in [-0.05, 0) is 80.7 Å². The van der Waals surface area contributed by atoms with Crippen LogP contribution in [0.1, 0.15) is 66.4 Å². The van der Waals surface area contributed by atoms with E-state index in [-0.39, 0.29) is 12.0 Å². The summed E-state index contributed by atoms with van der Waals surface area (Å²) in [6, 6.07) is 8.04. The summed E-state index contributed by atoms with van der Waals surface area (Å²) in [5.74, 6) is 1.67. The van der Waals surface area contributed by atoms with Crippen molar-refractivity contribution in [1.29, 1.82) is 0 Å². The Labute approximate surface area is 173 Å². The number of aromatic nitrogens is 1. The average Bonchev–Trinajstić information content (AvgIpc) is 3.28. The Morgan fingerprint density at radius 3 is 2.62 bits per heavy atom. The quantitative estimate of drug-likeness (QED) is 0.717. The highest BCUT2D eigenvalue weighted by molar-refractivity contribution is 5.95. The Bertz CT molecular complexity index is 840. The van der Waals surface area contributed by atoms with E-state index >= 15 is 0 Å². The van der Waals surface area contributed by atoms with Gasteiger partial charge in [-0.2, -0.15) is 0 Å². The number of nitrogens with zero attached hydrogens (tertiary/aromatic N) is 2. The molecular weight excluding hydrogens is 364 g/mol. The molecule has 4 rings (SSSR count). The van der Waals surface area contributed by atoms with Crippen molar-refractivity contribution in [2.45, 2.75) is 57.5 Å². The van der Waals surface area contributed by atoms with Crippen LogP contribution < -0.4 is 9.47 Å². The minimum absolute atomic E-state index is 0.101. The fourth-order valence-corrected chi connectivity index (χ4v) is 4.37. The van der Waals surface area contributed by atoms with Crippen LogP contribution in [0.25, 0.3) is 0 Å². The van der Waals surface area contributed by atoms with E-state index in [1.165, 1.54) is 19.3 Å². The van der Waals surface area contributed by atoms with Crippen LogP contribution in [0.2, 0.25) is 0 Å². The highest BCUT2D eigenvalue weighted by Crippen LogP contribution is 2.33. The Hall–Kier alpha value is -2.56. The summed E-state index contributed by atoms with van der Waals surface area (Å²) in [6.07, 6.45) is 12.5. The molecule has 0 radical (unpaired) electrons. The molecule has 154 valence electrons. The van der Waals surface area contributed by atoms with Gasteiger partial charge in [0.1, 0.15) is 0 Å². The lowest BCUT2D eigenvalue weighted by Crippen LogP contribution is -2.36. The van der Waals surface area contributed by atoms with Crippen molar-refractivity contribution in [2.24, 2.45) is 0 Å². The van der Waals surface area contributed by atoms with E-state index in [9.17, 15) is 4.79 Å². The maximum atomic E-state index is 13.0. The van der Waals surface area contributed by atoms with Crippen LogP contribution in [0.3, 0.4) is 0 Å². The number of ether oxygens (including phenoxy) is 2. The van der Waals surface area contributed by atoms with Crippen molar-refractivity contribution in [3.8, 4) is 11.5 Å². The third-order valence-electron chi connectivity index (χ3n) is 6.00. The van der Waals surface area contributed by atoms with E-state index in [2.05, 4.69) is 17.1 Å². The number of rotatable bonds is 6. The summed E-state index contributed by atoms with van der Waals surface area (Å²) in [5, 5.41) is 0. The van der Waals surface area contributed by atoms with Gasteiger partial charge in [0, 0.05) is 25.5 Å². The second-order valence-electron chi connectivity index (χ2n) is 8.07. The van der Waals surface area contributed by atoms with Crippen molar-refractivity contribution in [1.82, 2.24) is 9.88 Å². The number of likely N-dealkylation sites (tertiary alicyclic amines) is 1. The molecule has 1 amide bonds. The molecule has 2 heterocycles. The van der Waals surface area contributed by atoms with Gasteiger partial charge in [0.25, 0.3) is 5.91 Å². The number of amides is 1. The number of methoxy groups -OCH3 is 1. The number of hydrogen-bond acceptors (Lipinski definition) is 4. The lowest BCUT2D eigenvalue weighted by atomic mass is 9.99. The second-order valence-corrected chi connectivity index (χ2v) is 8.07. The Morgan fingerprint density at radius 1 is 1.07 bits per heavy atom. The third kappa shape index (κ3) is 4.72. The molecule has 0 N–H and O–H groups in total. The fraction of sp³-hybridized carbons (Fsp3) is 0.500. The van der Waals surface area contributed by atoms with Gasteiger partial charge in [0.2, 0.25) is 0 Å². The van der Waals surface area contributed by atoms with Gasteiger partial charge >= 0.3 is 0 Å². The van der Waals surface area contributed by atoms with E-state index in [0.717, 1.165) is 61.4 Å². The molecule has 1 saturated heterocycles. The van der Waals surface area contributed by atoms with Crippen LogP contribution in [0.4, 0.5) is 0 Å². The number of pyridine rings is 1. The van der Waals surface area contributed by atoms with E-state index in [0.29, 0.717) is 12.0 Å². The SMILES string of the molecule is COc1ccc(Cc2ccncc2C(=O)N2CCCCC2)cc1OC1CCCC1. The number of carbonyl (C=O) groups excluding carboxylic acids is 1. The number of hydrogen-bond donors (Lipinski definition) is 0. The predicted molar refractivity (Wildman–Crippen MR) is 113 cm³/mol. The normalized spacial score (nSPS) is 17.3. The summed E-state index contributed by atoms with van der Waals surface area (Å²) in [6.45, 7) is 1.68. The van der Waals surface area contributed by atoms with Gasteiger partial charge in [0.05, 0.1) is 18.8 Å². The first-order chi connectivity index (χ1) is 14.2. The molecule has 2 fully saturated rings. The lowest BCUT2D eigenvalue weighted by Gasteiger charge is -2.27. The standard InChI is InChI=1S/C24H30N2O3/c1-28-22-10-9-18(16-23(22)29-20-7-3-4-8-20)15-19-11-12-25-17-21(19)24(27)26-13-5-2-6-14-26/h9-12,16-17,20H,2-8,13-15H2,1H3. The highest BCUT2D eigenvalue weighted by atomic mass is 16.5. The van der Waals surface area contributed by atoms with Gasteiger partial charge in [-0.25, -0.2) is 0 Å². The first kappa shape index (κ1) is 19.7. The minimum Gasteiger partial charge on any atom is -0.493 e. The summed E-state index contributed by atoms with van der Waals surface area (Å²) in [7, 11) is 1.68. The summed E-state index contributed by atoms with van der Waals surface area (Å²) in [5.41, 5.74) is 2.83. The van der Waals surface area contributed by atoms with E-state index in [1.807, 2.05) is 17.0 Å². The molecular formula is C24H30N2O3. The number of piperidine rings is 1. The largest absolute Gasteiger partial charge is 0.493 e. The molecule has 1 aliphatic heterocycles. The van der Waals surface area contributed by atoms with Crippen LogP contribution in [0.15, 0.2) is 36.7 Å². The molecule has 2 aliphatic rings. The fourth-order valence-electron chi connectivity index (χ4n) is 4.37. The van der Waals surface area contributed by atoms with Crippen molar-refractivity contribution in [2.75, 3.05) is 20.2 Å². The maximum Gasteiger partial charge on any atom is 0.255 e. The lowest BCUT2D eigenvalue weighted by molar-refractivity contribution is 0.0723. The van der Waals surface area contributed by atoms with Crippen LogP contribution in [0.5, 0.6) is 11.5 Å². The molecule has 5 heteroatoms. The zero-order valence-corrected chi connectivity index (χ0v) is 17.2. The molecule has 1 saturated carbocycles. The summed E-state index contributed by atoms with van der Waals surface area (Å²) < 4.78 is 11.7. The van der Waals surface area contributed by atoms with Crippen LogP contribution in [-0.2, 0) is 6.42 Å². The topological polar surface area (TPSA) is 51.7 Å². The zero-order chi connectivity index (χ0) is 20.1. The van der Waals surface area contributed by atoms with Crippen LogP contribution in [0, 0.1) is 0 Å². The molecule has 5 nitrogen and oxygen atoms in total. The molecule has 29 heavy (non-hydrogen) atoms.